The van der Waals surface area contributed by atoms with Crippen LogP contribution in [0.5, 0.6) is 0 Å². The fourth-order valence-corrected chi connectivity index (χ4v) is 1.49. The van der Waals surface area contributed by atoms with Gasteiger partial charge in [0.05, 0.1) is 18.8 Å². The molecule has 1 atom stereocenters. The molecule has 84 valence electrons. The van der Waals surface area contributed by atoms with Gasteiger partial charge in [0.25, 0.3) is 0 Å². The standard InChI is InChI=1S/C11H14N4O/c1-9(10-4-3-5-12-6-10)15-7-11(8-16-2)13-14-15/h3-7,9H,8H2,1-2H3/t9-/m0/s1. The van der Waals surface area contributed by atoms with Crippen LogP contribution in [0, 0.1) is 0 Å². The van der Waals surface area contributed by atoms with E-state index in [0.717, 1.165) is 11.3 Å². The van der Waals surface area contributed by atoms with Crippen LogP contribution in [0.1, 0.15) is 24.2 Å². The van der Waals surface area contributed by atoms with Crippen LogP contribution < -0.4 is 0 Å². The van der Waals surface area contributed by atoms with Crippen molar-refractivity contribution < 1.29 is 4.74 Å². The molecule has 2 rings (SSSR count). The molecule has 16 heavy (non-hydrogen) atoms. The van der Waals surface area contributed by atoms with Gasteiger partial charge in [-0.3, -0.25) is 4.98 Å². The van der Waals surface area contributed by atoms with Crippen LogP contribution in [-0.4, -0.2) is 27.1 Å². The molecule has 0 aliphatic carbocycles. The summed E-state index contributed by atoms with van der Waals surface area (Å²) in [6.07, 6.45) is 5.48. The van der Waals surface area contributed by atoms with Gasteiger partial charge in [-0.15, -0.1) is 5.10 Å². The van der Waals surface area contributed by atoms with Crippen molar-refractivity contribution in [3.63, 3.8) is 0 Å². The molecule has 0 saturated heterocycles. The van der Waals surface area contributed by atoms with E-state index in [2.05, 4.69) is 22.2 Å². The summed E-state index contributed by atoms with van der Waals surface area (Å²) < 4.78 is 6.81. The lowest BCUT2D eigenvalue weighted by atomic mass is 10.1. The molecule has 0 unspecified atom stereocenters. The van der Waals surface area contributed by atoms with E-state index in [0.29, 0.717) is 6.61 Å². The molecular formula is C11H14N4O. The summed E-state index contributed by atoms with van der Waals surface area (Å²) in [4.78, 5) is 4.09. The van der Waals surface area contributed by atoms with Crippen LogP contribution in [0.25, 0.3) is 0 Å². The van der Waals surface area contributed by atoms with Gasteiger partial charge < -0.3 is 4.74 Å². The summed E-state index contributed by atoms with van der Waals surface area (Å²) in [7, 11) is 1.64. The molecule has 0 amide bonds. The van der Waals surface area contributed by atoms with Crippen molar-refractivity contribution in [3.8, 4) is 0 Å². The molecule has 0 aromatic carbocycles. The average Bonchev–Trinajstić information content (AvgIpc) is 2.78. The second-order valence-electron chi connectivity index (χ2n) is 3.59. The summed E-state index contributed by atoms with van der Waals surface area (Å²) in [5.74, 6) is 0. The number of nitrogens with zero attached hydrogens (tertiary/aromatic N) is 4. The molecule has 0 bridgehead atoms. The van der Waals surface area contributed by atoms with Crippen molar-refractivity contribution in [3.05, 3.63) is 42.0 Å². The maximum absolute atomic E-state index is 5.00. The molecule has 2 aromatic rings. The third kappa shape index (κ3) is 2.25. The molecule has 0 spiro atoms. The predicted octanol–water partition coefficient (Wildman–Crippen LogP) is 1.43. The molecular weight excluding hydrogens is 204 g/mol. The van der Waals surface area contributed by atoms with Gasteiger partial charge in [-0.2, -0.15) is 0 Å². The molecule has 2 heterocycles. The number of pyridine rings is 1. The van der Waals surface area contributed by atoms with Crippen molar-refractivity contribution >= 4 is 0 Å². The van der Waals surface area contributed by atoms with Gasteiger partial charge in [-0.25, -0.2) is 4.68 Å². The second-order valence-corrected chi connectivity index (χ2v) is 3.59. The molecule has 0 N–H and O–H groups in total. The van der Waals surface area contributed by atoms with Gasteiger partial charge in [-0.05, 0) is 18.6 Å². The van der Waals surface area contributed by atoms with Crippen LogP contribution in [-0.2, 0) is 11.3 Å². The summed E-state index contributed by atoms with van der Waals surface area (Å²) in [6.45, 7) is 2.54. The SMILES string of the molecule is COCc1cn([C@@H](C)c2cccnc2)nn1. The minimum atomic E-state index is 0.131. The number of hydrogen-bond acceptors (Lipinski definition) is 4. The summed E-state index contributed by atoms with van der Waals surface area (Å²) in [5, 5.41) is 8.09. The number of rotatable bonds is 4. The van der Waals surface area contributed by atoms with E-state index in [1.54, 1.807) is 13.3 Å². The fraction of sp³-hybridized carbons (Fsp3) is 0.364. The third-order valence-corrected chi connectivity index (χ3v) is 2.41. The van der Waals surface area contributed by atoms with Crippen LogP contribution in [0.3, 0.4) is 0 Å². The van der Waals surface area contributed by atoms with Crippen molar-refractivity contribution in [2.75, 3.05) is 7.11 Å². The van der Waals surface area contributed by atoms with Crippen LogP contribution in [0.4, 0.5) is 0 Å². The molecule has 2 aromatic heterocycles. The highest BCUT2D eigenvalue weighted by Crippen LogP contribution is 2.15. The van der Waals surface area contributed by atoms with Gasteiger partial charge in [0.1, 0.15) is 5.69 Å². The Morgan fingerprint density at radius 1 is 1.50 bits per heavy atom. The maximum Gasteiger partial charge on any atom is 0.108 e. The Morgan fingerprint density at radius 2 is 2.38 bits per heavy atom. The fourth-order valence-electron chi connectivity index (χ4n) is 1.49. The smallest absolute Gasteiger partial charge is 0.108 e. The first kappa shape index (κ1) is 10.8. The van der Waals surface area contributed by atoms with E-state index in [9.17, 15) is 0 Å². The van der Waals surface area contributed by atoms with Gasteiger partial charge in [-0.1, -0.05) is 11.3 Å². The second kappa shape index (κ2) is 4.85. The minimum absolute atomic E-state index is 0.131. The average molecular weight is 218 g/mol. The summed E-state index contributed by atoms with van der Waals surface area (Å²) in [5.41, 5.74) is 1.94. The van der Waals surface area contributed by atoms with Crippen molar-refractivity contribution in [1.29, 1.82) is 0 Å². The van der Waals surface area contributed by atoms with Crippen LogP contribution in [0.15, 0.2) is 30.7 Å². The lowest BCUT2D eigenvalue weighted by molar-refractivity contribution is 0.181. The Kier molecular flexibility index (Phi) is 3.26. The lowest BCUT2D eigenvalue weighted by Crippen LogP contribution is -2.07. The van der Waals surface area contributed by atoms with E-state index in [1.807, 2.05) is 29.2 Å². The third-order valence-electron chi connectivity index (χ3n) is 2.41. The molecule has 0 aliphatic heterocycles. The van der Waals surface area contributed by atoms with Gasteiger partial charge in [0, 0.05) is 19.5 Å². The number of aromatic nitrogens is 4. The number of hydrogen-bond donors (Lipinski definition) is 0. The molecule has 0 saturated carbocycles. The van der Waals surface area contributed by atoms with Crippen LogP contribution in [0.2, 0.25) is 0 Å². The van der Waals surface area contributed by atoms with Gasteiger partial charge in [0.2, 0.25) is 0 Å². The molecule has 0 aliphatic rings. The quantitative estimate of drug-likeness (QED) is 0.779. The van der Waals surface area contributed by atoms with E-state index < -0.39 is 0 Å². The first-order chi connectivity index (χ1) is 7.81. The topological polar surface area (TPSA) is 52.8 Å². The summed E-state index contributed by atoms with van der Waals surface area (Å²) >= 11 is 0. The van der Waals surface area contributed by atoms with Crippen molar-refractivity contribution in [2.45, 2.75) is 19.6 Å². The number of methoxy groups -OCH3 is 1. The van der Waals surface area contributed by atoms with Crippen molar-refractivity contribution in [1.82, 2.24) is 20.0 Å². The Bertz CT molecular complexity index is 440. The van der Waals surface area contributed by atoms with Crippen molar-refractivity contribution in [2.24, 2.45) is 0 Å². The van der Waals surface area contributed by atoms with Gasteiger partial charge in [0.15, 0.2) is 0 Å². The summed E-state index contributed by atoms with van der Waals surface area (Å²) in [6, 6.07) is 4.07. The van der Waals surface area contributed by atoms with E-state index in [4.69, 9.17) is 4.74 Å². The molecule has 0 fully saturated rings. The highest BCUT2D eigenvalue weighted by molar-refractivity contribution is 5.13. The zero-order chi connectivity index (χ0) is 11.4. The Hall–Kier alpha value is -1.75. The van der Waals surface area contributed by atoms with E-state index in [-0.39, 0.29) is 6.04 Å². The molecule has 0 radical (unpaired) electrons. The largest absolute Gasteiger partial charge is 0.378 e. The Labute approximate surface area is 94.1 Å². The zero-order valence-corrected chi connectivity index (χ0v) is 9.37. The highest BCUT2D eigenvalue weighted by atomic mass is 16.5. The van der Waals surface area contributed by atoms with E-state index >= 15 is 0 Å². The monoisotopic (exact) mass is 218 g/mol. The normalized spacial score (nSPS) is 12.6. The Balaban J connectivity index is 2.17. The first-order valence-corrected chi connectivity index (χ1v) is 5.11. The lowest BCUT2D eigenvalue weighted by Gasteiger charge is -2.10. The molecule has 5 nitrogen and oxygen atoms in total. The number of ether oxygens (including phenoxy) is 1. The zero-order valence-electron chi connectivity index (χ0n) is 9.37. The maximum atomic E-state index is 5.00. The van der Waals surface area contributed by atoms with Crippen LogP contribution >= 0.6 is 0 Å². The molecule has 5 heteroatoms. The highest BCUT2D eigenvalue weighted by Gasteiger charge is 2.09. The van der Waals surface area contributed by atoms with Gasteiger partial charge >= 0.3 is 0 Å². The Morgan fingerprint density at radius 3 is 3.06 bits per heavy atom. The first-order valence-electron chi connectivity index (χ1n) is 5.11. The minimum Gasteiger partial charge on any atom is -0.378 e. The predicted molar refractivity (Wildman–Crippen MR) is 58.8 cm³/mol. The van der Waals surface area contributed by atoms with E-state index in [1.165, 1.54) is 0 Å².